The number of aliphatic hydroxyl groups is 1. The first kappa shape index (κ1) is 17.1. The van der Waals surface area contributed by atoms with Crippen molar-refractivity contribution in [2.75, 3.05) is 6.54 Å². The molecule has 0 aliphatic carbocycles. The van der Waals surface area contributed by atoms with Crippen LogP contribution in [0.4, 0.5) is 0 Å². The number of amides is 1. The lowest BCUT2D eigenvalue weighted by Gasteiger charge is -2.11. The van der Waals surface area contributed by atoms with Gasteiger partial charge in [0.25, 0.3) is 5.91 Å². The molecule has 118 valence electrons. The number of hydrogen-bond donors (Lipinski definition) is 2. The van der Waals surface area contributed by atoms with Gasteiger partial charge >= 0.3 is 0 Å². The molecule has 0 saturated carbocycles. The van der Waals surface area contributed by atoms with Gasteiger partial charge in [-0.05, 0) is 36.8 Å². The third kappa shape index (κ3) is 5.13. The molecule has 0 fully saturated rings. The SMILES string of the molecule is CC(O)CNC(=O)c1ccccc1SCc1ccc(C#N)cc1. The molecule has 1 unspecified atom stereocenters. The molecule has 0 heterocycles. The second kappa shape index (κ2) is 8.37. The highest BCUT2D eigenvalue weighted by atomic mass is 32.2. The molecule has 5 heteroatoms. The highest BCUT2D eigenvalue weighted by Crippen LogP contribution is 2.26. The van der Waals surface area contributed by atoms with E-state index in [9.17, 15) is 9.90 Å². The maximum absolute atomic E-state index is 12.2. The van der Waals surface area contributed by atoms with Crippen molar-refractivity contribution < 1.29 is 9.90 Å². The normalized spacial score (nSPS) is 11.5. The fourth-order valence-corrected chi connectivity index (χ4v) is 2.96. The number of aliphatic hydroxyl groups excluding tert-OH is 1. The van der Waals surface area contributed by atoms with E-state index in [1.165, 1.54) is 0 Å². The fourth-order valence-electron chi connectivity index (χ4n) is 1.95. The van der Waals surface area contributed by atoms with Gasteiger partial charge in [-0.2, -0.15) is 5.26 Å². The Balaban J connectivity index is 2.05. The fraction of sp³-hybridized carbons (Fsp3) is 0.222. The monoisotopic (exact) mass is 326 g/mol. The topological polar surface area (TPSA) is 73.1 Å². The zero-order valence-electron chi connectivity index (χ0n) is 12.8. The zero-order valence-corrected chi connectivity index (χ0v) is 13.6. The van der Waals surface area contributed by atoms with Gasteiger partial charge in [-0.1, -0.05) is 24.3 Å². The van der Waals surface area contributed by atoms with Crippen LogP contribution in [0, 0.1) is 11.3 Å². The molecule has 4 nitrogen and oxygen atoms in total. The van der Waals surface area contributed by atoms with Gasteiger partial charge in [0.05, 0.1) is 23.3 Å². The second-order valence-corrected chi connectivity index (χ2v) is 6.17. The lowest BCUT2D eigenvalue weighted by molar-refractivity contribution is 0.0921. The summed E-state index contributed by atoms with van der Waals surface area (Å²) in [5.74, 6) is 0.528. The summed E-state index contributed by atoms with van der Waals surface area (Å²) >= 11 is 1.57. The van der Waals surface area contributed by atoms with Gasteiger partial charge < -0.3 is 10.4 Å². The minimum atomic E-state index is -0.572. The van der Waals surface area contributed by atoms with Crippen LogP contribution in [-0.2, 0) is 5.75 Å². The smallest absolute Gasteiger partial charge is 0.252 e. The number of carbonyl (C=O) groups is 1. The molecule has 2 N–H and O–H groups in total. The van der Waals surface area contributed by atoms with Crippen LogP contribution in [-0.4, -0.2) is 23.7 Å². The quantitative estimate of drug-likeness (QED) is 0.801. The Morgan fingerprint density at radius 3 is 2.61 bits per heavy atom. The molecular formula is C18H18N2O2S. The van der Waals surface area contributed by atoms with Gasteiger partial charge in [0.1, 0.15) is 0 Å². The summed E-state index contributed by atoms with van der Waals surface area (Å²) in [6.07, 6.45) is -0.572. The van der Waals surface area contributed by atoms with Crippen molar-refractivity contribution in [2.24, 2.45) is 0 Å². The molecule has 23 heavy (non-hydrogen) atoms. The van der Waals surface area contributed by atoms with Crippen LogP contribution in [0.15, 0.2) is 53.4 Å². The van der Waals surface area contributed by atoms with Gasteiger partial charge in [0.2, 0.25) is 0 Å². The molecule has 2 rings (SSSR count). The largest absolute Gasteiger partial charge is 0.392 e. The molecule has 2 aromatic carbocycles. The molecule has 2 aromatic rings. The highest BCUT2D eigenvalue weighted by Gasteiger charge is 2.11. The van der Waals surface area contributed by atoms with Gasteiger partial charge in [-0.15, -0.1) is 11.8 Å². The van der Waals surface area contributed by atoms with E-state index in [1.54, 1.807) is 36.9 Å². The van der Waals surface area contributed by atoms with Gasteiger partial charge in [0, 0.05) is 17.2 Å². The Kier molecular flexibility index (Phi) is 6.21. The maximum atomic E-state index is 12.2. The molecular weight excluding hydrogens is 308 g/mol. The molecule has 1 amide bonds. The summed E-state index contributed by atoms with van der Waals surface area (Å²) in [7, 11) is 0. The highest BCUT2D eigenvalue weighted by molar-refractivity contribution is 7.98. The summed E-state index contributed by atoms with van der Waals surface area (Å²) in [5, 5.41) is 20.8. The first-order chi connectivity index (χ1) is 11.1. The molecule has 0 aromatic heterocycles. The van der Waals surface area contributed by atoms with E-state index in [0.717, 1.165) is 10.5 Å². The average molecular weight is 326 g/mol. The van der Waals surface area contributed by atoms with E-state index in [-0.39, 0.29) is 12.5 Å². The van der Waals surface area contributed by atoms with Crippen molar-refractivity contribution in [3.63, 3.8) is 0 Å². The first-order valence-corrected chi connectivity index (χ1v) is 8.26. The Morgan fingerprint density at radius 1 is 1.26 bits per heavy atom. The number of carbonyl (C=O) groups excluding carboxylic acids is 1. The van der Waals surface area contributed by atoms with Crippen molar-refractivity contribution in [2.45, 2.75) is 23.7 Å². The Morgan fingerprint density at radius 2 is 1.96 bits per heavy atom. The van der Waals surface area contributed by atoms with Crippen LogP contribution in [0.2, 0.25) is 0 Å². The summed E-state index contributed by atoms with van der Waals surface area (Å²) in [4.78, 5) is 13.1. The van der Waals surface area contributed by atoms with Crippen LogP contribution in [0.3, 0.4) is 0 Å². The Bertz CT molecular complexity index is 706. The average Bonchev–Trinajstić information content (AvgIpc) is 2.58. The van der Waals surface area contributed by atoms with Gasteiger partial charge in [-0.25, -0.2) is 0 Å². The molecule has 0 bridgehead atoms. The number of nitrogens with one attached hydrogen (secondary N) is 1. The summed E-state index contributed by atoms with van der Waals surface area (Å²) in [6.45, 7) is 1.86. The van der Waals surface area contributed by atoms with Crippen LogP contribution in [0.5, 0.6) is 0 Å². The molecule has 0 aliphatic heterocycles. The number of rotatable bonds is 6. The van der Waals surface area contributed by atoms with Crippen molar-refractivity contribution in [3.8, 4) is 6.07 Å². The minimum Gasteiger partial charge on any atom is -0.392 e. The van der Waals surface area contributed by atoms with E-state index in [4.69, 9.17) is 5.26 Å². The van der Waals surface area contributed by atoms with E-state index < -0.39 is 6.10 Å². The van der Waals surface area contributed by atoms with Crippen molar-refractivity contribution in [1.29, 1.82) is 5.26 Å². The first-order valence-electron chi connectivity index (χ1n) is 7.27. The van der Waals surface area contributed by atoms with Gasteiger partial charge in [-0.3, -0.25) is 4.79 Å². The molecule has 1 atom stereocenters. The van der Waals surface area contributed by atoms with Crippen molar-refractivity contribution in [1.82, 2.24) is 5.32 Å². The number of nitrogens with zero attached hydrogens (tertiary/aromatic N) is 1. The number of thioether (sulfide) groups is 1. The molecule has 0 aliphatic rings. The van der Waals surface area contributed by atoms with E-state index in [1.807, 2.05) is 30.3 Å². The number of benzene rings is 2. The Hall–Kier alpha value is -2.29. The van der Waals surface area contributed by atoms with E-state index >= 15 is 0 Å². The standard InChI is InChI=1S/C18H18N2O2S/c1-13(21)11-20-18(22)16-4-2-3-5-17(16)23-12-15-8-6-14(10-19)7-9-15/h2-9,13,21H,11-12H2,1H3,(H,20,22). The van der Waals surface area contributed by atoms with Crippen LogP contribution >= 0.6 is 11.8 Å². The Labute approximate surface area is 140 Å². The number of nitriles is 1. The third-order valence-electron chi connectivity index (χ3n) is 3.17. The zero-order chi connectivity index (χ0) is 16.7. The molecule has 0 spiro atoms. The third-order valence-corrected chi connectivity index (χ3v) is 4.31. The minimum absolute atomic E-state index is 0.186. The number of hydrogen-bond acceptors (Lipinski definition) is 4. The summed E-state index contributed by atoms with van der Waals surface area (Å²) in [5.41, 5.74) is 2.33. The van der Waals surface area contributed by atoms with Gasteiger partial charge in [0.15, 0.2) is 0 Å². The lowest BCUT2D eigenvalue weighted by Crippen LogP contribution is -2.30. The van der Waals surface area contributed by atoms with Crippen molar-refractivity contribution >= 4 is 17.7 Å². The second-order valence-electron chi connectivity index (χ2n) is 5.15. The van der Waals surface area contributed by atoms with Crippen molar-refractivity contribution in [3.05, 3.63) is 65.2 Å². The maximum Gasteiger partial charge on any atom is 0.252 e. The summed E-state index contributed by atoms with van der Waals surface area (Å²) < 4.78 is 0. The summed E-state index contributed by atoms with van der Waals surface area (Å²) in [6, 6.07) is 16.9. The van der Waals surface area contributed by atoms with Crippen LogP contribution < -0.4 is 5.32 Å². The van der Waals surface area contributed by atoms with Crippen LogP contribution in [0.25, 0.3) is 0 Å². The van der Waals surface area contributed by atoms with E-state index in [2.05, 4.69) is 11.4 Å². The van der Waals surface area contributed by atoms with E-state index in [0.29, 0.717) is 16.9 Å². The predicted molar refractivity (Wildman–Crippen MR) is 91.2 cm³/mol. The molecule has 0 saturated heterocycles. The lowest BCUT2D eigenvalue weighted by atomic mass is 10.2. The van der Waals surface area contributed by atoms with Crippen LogP contribution in [0.1, 0.15) is 28.4 Å². The predicted octanol–water partition coefficient (Wildman–Crippen LogP) is 2.96. The molecule has 0 radical (unpaired) electrons.